The number of hydrogen-bond acceptors (Lipinski definition) is 3. The van der Waals surface area contributed by atoms with E-state index in [1.165, 1.54) is 5.56 Å². The van der Waals surface area contributed by atoms with Crippen LogP contribution < -0.4 is 10.1 Å². The Bertz CT molecular complexity index is 326. The van der Waals surface area contributed by atoms with Crippen LogP contribution in [0.2, 0.25) is 0 Å². The van der Waals surface area contributed by atoms with Gasteiger partial charge in [-0.25, -0.2) is 0 Å². The van der Waals surface area contributed by atoms with Gasteiger partial charge in [-0.2, -0.15) is 0 Å². The Kier molecular flexibility index (Phi) is 6.01. The molecular weight excluding hydrogens is 212 g/mol. The van der Waals surface area contributed by atoms with Crippen LogP contribution >= 0.6 is 0 Å². The second-order valence-electron chi connectivity index (χ2n) is 4.46. The van der Waals surface area contributed by atoms with Crippen LogP contribution in [-0.4, -0.2) is 39.2 Å². The van der Waals surface area contributed by atoms with Gasteiger partial charge in [0.2, 0.25) is 0 Å². The van der Waals surface area contributed by atoms with E-state index in [-0.39, 0.29) is 0 Å². The summed E-state index contributed by atoms with van der Waals surface area (Å²) in [6.45, 7) is 4.21. The molecule has 0 amide bonds. The molecule has 0 aliphatic carbocycles. The van der Waals surface area contributed by atoms with E-state index >= 15 is 0 Å². The average molecular weight is 236 g/mol. The predicted molar refractivity (Wildman–Crippen MR) is 72.6 cm³/mol. The standard InChI is InChI=1S/C14H24N2O/c1-5-9-15-11-14(16(2)3)12-7-6-8-13(10-12)17-4/h6-8,10,14-15H,5,9,11H2,1-4H3. The van der Waals surface area contributed by atoms with Crippen molar-refractivity contribution in [3.63, 3.8) is 0 Å². The predicted octanol–water partition coefficient (Wildman–Crippen LogP) is 2.30. The van der Waals surface area contributed by atoms with Gasteiger partial charge in [0.25, 0.3) is 0 Å². The van der Waals surface area contributed by atoms with Crippen LogP contribution in [0.3, 0.4) is 0 Å². The zero-order chi connectivity index (χ0) is 12.7. The number of methoxy groups -OCH3 is 1. The minimum absolute atomic E-state index is 0.386. The fourth-order valence-corrected chi connectivity index (χ4v) is 1.86. The van der Waals surface area contributed by atoms with E-state index in [2.05, 4.69) is 43.4 Å². The van der Waals surface area contributed by atoms with Crippen molar-refractivity contribution in [2.75, 3.05) is 34.3 Å². The Hall–Kier alpha value is -1.06. The maximum Gasteiger partial charge on any atom is 0.119 e. The van der Waals surface area contributed by atoms with Crippen molar-refractivity contribution in [3.05, 3.63) is 29.8 Å². The third kappa shape index (κ3) is 4.36. The van der Waals surface area contributed by atoms with Gasteiger partial charge in [0.15, 0.2) is 0 Å². The molecule has 1 unspecified atom stereocenters. The first-order valence-corrected chi connectivity index (χ1v) is 6.20. The second-order valence-corrected chi connectivity index (χ2v) is 4.46. The molecule has 0 spiro atoms. The molecule has 0 aliphatic heterocycles. The van der Waals surface area contributed by atoms with Gasteiger partial charge in [-0.1, -0.05) is 19.1 Å². The van der Waals surface area contributed by atoms with Crippen molar-refractivity contribution < 1.29 is 4.74 Å². The van der Waals surface area contributed by atoms with Gasteiger partial charge in [-0.3, -0.25) is 0 Å². The lowest BCUT2D eigenvalue weighted by Gasteiger charge is -2.25. The summed E-state index contributed by atoms with van der Waals surface area (Å²) < 4.78 is 5.27. The highest BCUT2D eigenvalue weighted by molar-refractivity contribution is 5.30. The maximum atomic E-state index is 5.27. The monoisotopic (exact) mass is 236 g/mol. The molecule has 0 aromatic heterocycles. The number of nitrogens with one attached hydrogen (secondary N) is 1. The fourth-order valence-electron chi connectivity index (χ4n) is 1.86. The maximum absolute atomic E-state index is 5.27. The molecule has 96 valence electrons. The summed E-state index contributed by atoms with van der Waals surface area (Å²) in [5, 5.41) is 3.47. The molecule has 1 aromatic carbocycles. The smallest absolute Gasteiger partial charge is 0.119 e. The van der Waals surface area contributed by atoms with Crippen molar-refractivity contribution in [3.8, 4) is 5.75 Å². The van der Waals surface area contributed by atoms with Crippen LogP contribution in [0.25, 0.3) is 0 Å². The Morgan fingerprint density at radius 1 is 1.35 bits per heavy atom. The molecule has 1 aromatic rings. The average Bonchev–Trinajstić information content (AvgIpc) is 2.34. The lowest BCUT2D eigenvalue weighted by Crippen LogP contribution is -2.31. The van der Waals surface area contributed by atoms with Gasteiger partial charge < -0.3 is 15.0 Å². The van der Waals surface area contributed by atoms with Crippen LogP contribution in [0.5, 0.6) is 5.75 Å². The van der Waals surface area contributed by atoms with E-state index in [4.69, 9.17) is 4.74 Å². The Morgan fingerprint density at radius 3 is 2.71 bits per heavy atom. The van der Waals surface area contributed by atoms with Gasteiger partial charge >= 0.3 is 0 Å². The van der Waals surface area contributed by atoms with Crippen LogP contribution in [0.4, 0.5) is 0 Å². The third-order valence-electron chi connectivity index (χ3n) is 2.87. The first-order chi connectivity index (χ1) is 8.19. The van der Waals surface area contributed by atoms with E-state index in [0.29, 0.717) is 6.04 Å². The molecule has 1 rings (SSSR count). The van der Waals surface area contributed by atoms with Gasteiger partial charge in [-0.15, -0.1) is 0 Å². The molecule has 0 radical (unpaired) electrons. The minimum Gasteiger partial charge on any atom is -0.497 e. The van der Waals surface area contributed by atoms with Crippen molar-refractivity contribution in [1.29, 1.82) is 0 Å². The largest absolute Gasteiger partial charge is 0.497 e. The number of nitrogens with zero attached hydrogens (tertiary/aromatic N) is 1. The molecule has 0 bridgehead atoms. The molecule has 0 heterocycles. The quantitative estimate of drug-likeness (QED) is 0.735. The molecule has 3 heteroatoms. The first-order valence-electron chi connectivity index (χ1n) is 6.20. The van der Waals surface area contributed by atoms with E-state index in [1.54, 1.807) is 7.11 Å². The highest BCUT2D eigenvalue weighted by Crippen LogP contribution is 2.21. The molecule has 3 nitrogen and oxygen atoms in total. The number of rotatable bonds is 7. The third-order valence-corrected chi connectivity index (χ3v) is 2.87. The van der Waals surface area contributed by atoms with Crippen LogP contribution in [-0.2, 0) is 0 Å². The Labute approximate surface area is 105 Å². The Balaban J connectivity index is 2.74. The summed E-state index contributed by atoms with van der Waals surface area (Å²) in [5.74, 6) is 0.921. The summed E-state index contributed by atoms with van der Waals surface area (Å²) in [6.07, 6.45) is 1.16. The number of likely N-dealkylation sites (N-methyl/N-ethyl adjacent to an activating group) is 1. The van der Waals surface area contributed by atoms with Crippen LogP contribution in [0.15, 0.2) is 24.3 Å². The zero-order valence-corrected chi connectivity index (χ0v) is 11.4. The van der Waals surface area contributed by atoms with E-state index < -0.39 is 0 Å². The molecule has 0 aliphatic rings. The summed E-state index contributed by atoms with van der Waals surface area (Å²) in [4.78, 5) is 2.23. The van der Waals surface area contributed by atoms with Crippen LogP contribution in [0.1, 0.15) is 24.9 Å². The van der Waals surface area contributed by atoms with Gasteiger partial charge in [0.05, 0.1) is 7.11 Å². The van der Waals surface area contributed by atoms with Gasteiger partial charge in [0.1, 0.15) is 5.75 Å². The normalized spacial score (nSPS) is 12.8. The van der Waals surface area contributed by atoms with Gasteiger partial charge in [0, 0.05) is 12.6 Å². The molecule has 1 N–H and O–H groups in total. The molecular formula is C14H24N2O. The first kappa shape index (κ1) is 14.0. The molecule has 1 atom stereocenters. The highest BCUT2D eigenvalue weighted by Gasteiger charge is 2.13. The van der Waals surface area contributed by atoms with Crippen molar-refractivity contribution in [1.82, 2.24) is 10.2 Å². The van der Waals surface area contributed by atoms with E-state index in [1.807, 2.05) is 12.1 Å². The topological polar surface area (TPSA) is 24.5 Å². The molecule has 0 saturated carbocycles. The second kappa shape index (κ2) is 7.30. The van der Waals surface area contributed by atoms with Crippen molar-refractivity contribution in [2.45, 2.75) is 19.4 Å². The van der Waals surface area contributed by atoms with Gasteiger partial charge in [-0.05, 0) is 44.8 Å². The van der Waals surface area contributed by atoms with Crippen LogP contribution in [0, 0.1) is 0 Å². The van der Waals surface area contributed by atoms with Crippen molar-refractivity contribution in [2.24, 2.45) is 0 Å². The summed E-state index contributed by atoms with van der Waals surface area (Å²) in [6, 6.07) is 8.68. The zero-order valence-electron chi connectivity index (χ0n) is 11.4. The van der Waals surface area contributed by atoms with Crippen molar-refractivity contribution >= 4 is 0 Å². The lowest BCUT2D eigenvalue weighted by molar-refractivity contribution is 0.288. The molecule has 0 fully saturated rings. The molecule has 0 saturated heterocycles. The lowest BCUT2D eigenvalue weighted by atomic mass is 10.1. The fraction of sp³-hybridized carbons (Fsp3) is 0.571. The number of ether oxygens (including phenoxy) is 1. The number of benzene rings is 1. The summed E-state index contributed by atoms with van der Waals surface area (Å²) in [5.41, 5.74) is 1.29. The van der Waals surface area contributed by atoms with E-state index in [0.717, 1.165) is 25.3 Å². The Morgan fingerprint density at radius 2 is 2.12 bits per heavy atom. The number of hydrogen-bond donors (Lipinski definition) is 1. The summed E-state index contributed by atoms with van der Waals surface area (Å²) in [7, 11) is 5.93. The SMILES string of the molecule is CCCNCC(c1cccc(OC)c1)N(C)C. The highest BCUT2D eigenvalue weighted by atomic mass is 16.5. The summed E-state index contributed by atoms with van der Waals surface area (Å²) >= 11 is 0. The minimum atomic E-state index is 0.386. The van der Waals surface area contributed by atoms with E-state index in [9.17, 15) is 0 Å². The molecule has 17 heavy (non-hydrogen) atoms.